The minimum atomic E-state index is -0.0655. The van der Waals surface area contributed by atoms with E-state index in [1.54, 1.807) is 0 Å². The molecule has 0 bridgehead atoms. The summed E-state index contributed by atoms with van der Waals surface area (Å²) in [6, 6.07) is 23.0. The molecule has 0 aliphatic rings. The van der Waals surface area contributed by atoms with E-state index in [-0.39, 0.29) is 10.9 Å². The van der Waals surface area contributed by atoms with Gasteiger partial charge in [0.15, 0.2) is 10.9 Å². The fourth-order valence-corrected chi connectivity index (χ4v) is 5.05. The van der Waals surface area contributed by atoms with Crippen molar-refractivity contribution < 1.29 is 0 Å². The lowest BCUT2D eigenvalue weighted by Gasteiger charge is -2.08. The normalized spacial score (nSPS) is 11.9. The van der Waals surface area contributed by atoms with Crippen molar-refractivity contribution in [2.45, 2.75) is 0 Å². The number of fused-ring (bicyclic) bond motifs is 6. The molecule has 6 rings (SSSR count). The van der Waals surface area contributed by atoms with E-state index in [1.807, 2.05) is 72.8 Å². The van der Waals surface area contributed by atoms with Gasteiger partial charge in [-0.25, -0.2) is 4.98 Å². The van der Waals surface area contributed by atoms with Crippen molar-refractivity contribution in [1.82, 2.24) is 4.98 Å². The lowest BCUT2D eigenvalue weighted by molar-refractivity contribution is 1.54. The minimum absolute atomic E-state index is 0.0655. The Bertz CT molecular complexity index is 1610. The lowest BCUT2D eigenvalue weighted by atomic mass is 9.99. The van der Waals surface area contributed by atoms with Crippen molar-refractivity contribution in [1.29, 1.82) is 0 Å². The number of nitrogens with zero attached hydrogens (tertiary/aromatic N) is 1. The smallest absolute Gasteiger partial charge is 0.196 e. The molecule has 0 fully saturated rings. The van der Waals surface area contributed by atoms with Crippen LogP contribution in [0, 0.1) is 3.57 Å². The van der Waals surface area contributed by atoms with Gasteiger partial charge in [-0.3, -0.25) is 9.59 Å². The Kier molecular flexibility index (Phi) is 3.44. The molecule has 6 aromatic rings. The second-order valence-electron chi connectivity index (χ2n) is 7.16. The first-order chi connectivity index (χ1) is 14.2. The Morgan fingerprint density at radius 1 is 0.586 bits per heavy atom. The summed E-state index contributed by atoms with van der Waals surface area (Å²) < 4.78 is 0.994. The van der Waals surface area contributed by atoms with Crippen molar-refractivity contribution in [3.05, 3.63) is 96.8 Å². The highest BCUT2D eigenvalue weighted by molar-refractivity contribution is 14.1. The quantitative estimate of drug-likeness (QED) is 0.287. The van der Waals surface area contributed by atoms with E-state index in [4.69, 9.17) is 4.98 Å². The molecule has 1 heterocycles. The number of pyridine rings is 1. The molecule has 3 nitrogen and oxygen atoms in total. The highest BCUT2D eigenvalue weighted by Crippen LogP contribution is 2.39. The molecular formula is C25H12INO2. The fourth-order valence-electron chi connectivity index (χ4n) is 4.40. The van der Waals surface area contributed by atoms with Gasteiger partial charge in [-0.05, 0) is 34.2 Å². The third-order valence-corrected chi connectivity index (χ3v) is 6.59. The average Bonchev–Trinajstić information content (AvgIpc) is 3.20. The van der Waals surface area contributed by atoms with Crippen LogP contribution in [0.1, 0.15) is 0 Å². The first kappa shape index (κ1) is 16.8. The van der Waals surface area contributed by atoms with Gasteiger partial charge in [0.2, 0.25) is 0 Å². The van der Waals surface area contributed by atoms with Gasteiger partial charge < -0.3 is 0 Å². The molecular weight excluding hydrogens is 473 g/mol. The van der Waals surface area contributed by atoms with Crippen LogP contribution in [0.5, 0.6) is 0 Å². The zero-order valence-electron chi connectivity index (χ0n) is 15.1. The van der Waals surface area contributed by atoms with Gasteiger partial charge in [0.25, 0.3) is 0 Å². The molecule has 5 aromatic carbocycles. The summed E-state index contributed by atoms with van der Waals surface area (Å²) in [7, 11) is 0. The summed E-state index contributed by atoms with van der Waals surface area (Å²) in [4.78, 5) is 31.7. The van der Waals surface area contributed by atoms with E-state index in [1.165, 1.54) is 0 Å². The Morgan fingerprint density at radius 2 is 1.03 bits per heavy atom. The SMILES string of the molecule is O=c1c2ccccc2c2nc3c(c(-c4ccccc4I)c12)c(=O)c1ccccc13. The van der Waals surface area contributed by atoms with Crippen LogP contribution in [-0.4, -0.2) is 4.98 Å². The molecule has 4 heteroatoms. The van der Waals surface area contributed by atoms with Gasteiger partial charge in [0.05, 0.1) is 21.8 Å². The maximum absolute atomic E-state index is 13.4. The standard InChI is InChI=1S/C25H12INO2/c26-18-12-6-5-11-17(18)19-20-22(13-7-1-3-9-15(13)24(20)28)27-23-14-8-2-4-10-16(14)25(29)21(19)23/h1-12H. The number of hydrogen-bond donors (Lipinski definition) is 0. The lowest BCUT2D eigenvalue weighted by Crippen LogP contribution is -2.02. The van der Waals surface area contributed by atoms with Gasteiger partial charge in [-0.1, -0.05) is 66.7 Å². The van der Waals surface area contributed by atoms with Crippen LogP contribution in [0.15, 0.2) is 82.4 Å². The van der Waals surface area contributed by atoms with Gasteiger partial charge in [0, 0.05) is 30.7 Å². The molecule has 0 radical (unpaired) electrons. The Hall–Kier alpha value is -3.12. The van der Waals surface area contributed by atoms with Crippen molar-refractivity contribution in [2.24, 2.45) is 0 Å². The Morgan fingerprint density at radius 3 is 1.55 bits per heavy atom. The molecule has 0 aliphatic heterocycles. The van der Waals surface area contributed by atoms with E-state index in [0.717, 1.165) is 19.9 Å². The minimum Gasteiger partial charge on any atom is -0.288 e. The molecule has 0 saturated heterocycles. The molecule has 0 atom stereocenters. The van der Waals surface area contributed by atoms with Crippen molar-refractivity contribution in [2.75, 3.05) is 0 Å². The summed E-state index contributed by atoms with van der Waals surface area (Å²) in [5, 5.41) is 4.03. The summed E-state index contributed by atoms with van der Waals surface area (Å²) in [6.45, 7) is 0. The molecule has 0 N–H and O–H groups in total. The van der Waals surface area contributed by atoms with Crippen molar-refractivity contribution in [3.63, 3.8) is 0 Å². The second-order valence-corrected chi connectivity index (χ2v) is 8.33. The molecule has 29 heavy (non-hydrogen) atoms. The van der Waals surface area contributed by atoms with Crippen LogP contribution in [0.25, 0.3) is 54.5 Å². The molecule has 0 unspecified atom stereocenters. The van der Waals surface area contributed by atoms with E-state index >= 15 is 0 Å². The molecule has 0 spiro atoms. The van der Waals surface area contributed by atoms with Crippen molar-refractivity contribution >= 4 is 65.9 Å². The van der Waals surface area contributed by atoms with Crippen LogP contribution < -0.4 is 10.9 Å². The first-order valence-electron chi connectivity index (χ1n) is 9.28. The molecule has 0 amide bonds. The predicted octanol–water partition coefficient (Wildman–Crippen LogP) is 5.56. The zero-order valence-corrected chi connectivity index (χ0v) is 17.2. The van der Waals surface area contributed by atoms with E-state index < -0.39 is 0 Å². The van der Waals surface area contributed by atoms with E-state index in [9.17, 15) is 9.59 Å². The highest BCUT2D eigenvalue weighted by atomic mass is 127. The Labute approximate surface area is 178 Å². The highest BCUT2D eigenvalue weighted by Gasteiger charge is 2.24. The van der Waals surface area contributed by atoms with Gasteiger partial charge in [-0.15, -0.1) is 0 Å². The van der Waals surface area contributed by atoms with Gasteiger partial charge in [0.1, 0.15) is 0 Å². The van der Waals surface area contributed by atoms with Crippen molar-refractivity contribution in [3.8, 4) is 11.1 Å². The molecule has 136 valence electrons. The number of hydrogen-bond acceptors (Lipinski definition) is 3. The maximum Gasteiger partial charge on any atom is 0.196 e. The first-order valence-corrected chi connectivity index (χ1v) is 10.4. The number of benzene rings is 3. The predicted molar refractivity (Wildman–Crippen MR) is 127 cm³/mol. The summed E-state index contributed by atoms with van der Waals surface area (Å²) in [5.41, 5.74) is 2.81. The van der Waals surface area contributed by atoms with Gasteiger partial charge in [-0.2, -0.15) is 0 Å². The van der Waals surface area contributed by atoms with Crippen LogP contribution in [0.3, 0.4) is 0 Å². The topological polar surface area (TPSA) is 47.0 Å². The van der Waals surface area contributed by atoms with Crippen LogP contribution in [0.2, 0.25) is 0 Å². The second kappa shape index (κ2) is 5.94. The van der Waals surface area contributed by atoms with E-state index in [2.05, 4.69) is 22.6 Å². The zero-order chi connectivity index (χ0) is 19.7. The molecule has 1 aromatic heterocycles. The summed E-state index contributed by atoms with van der Waals surface area (Å²) in [6.07, 6.45) is 0. The summed E-state index contributed by atoms with van der Waals surface area (Å²) >= 11 is 2.27. The van der Waals surface area contributed by atoms with Crippen LogP contribution in [0.4, 0.5) is 0 Å². The maximum atomic E-state index is 13.4. The average molecular weight is 485 g/mol. The Balaban J connectivity index is 2.02. The van der Waals surface area contributed by atoms with Gasteiger partial charge >= 0.3 is 0 Å². The largest absolute Gasteiger partial charge is 0.288 e. The third-order valence-electron chi connectivity index (χ3n) is 5.65. The fraction of sp³-hybridized carbons (Fsp3) is 0. The molecule has 0 saturated carbocycles. The monoisotopic (exact) mass is 485 g/mol. The third kappa shape index (κ3) is 2.15. The van der Waals surface area contributed by atoms with Crippen LogP contribution in [-0.2, 0) is 0 Å². The molecule has 0 aliphatic carbocycles. The van der Waals surface area contributed by atoms with Crippen LogP contribution >= 0.6 is 22.6 Å². The summed E-state index contributed by atoms with van der Waals surface area (Å²) in [5.74, 6) is 0. The number of halogens is 1. The number of rotatable bonds is 1. The van der Waals surface area contributed by atoms with E-state index in [0.29, 0.717) is 38.1 Å². The number of aromatic nitrogens is 1.